The van der Waals surface area contributed by atoms with Crippen molar-refractivity contribution in [2.75, 3.05) is 5.32 Å². The standard InChI is InChI=1S/C15H17NO/c1-3-12-7-6-8-13(11-12)16-14(17)15(2)9-4-5-10-15/h1,6-8,11H,4-5,9-10H2,2H3,(H,16,17). The van der Waals surface area contributed by atoms with Gasteiger partial charge in [0, 0.05) is 16.7 Å². The summed E-state index contributed by atoms with van der Waals surface area (Å²) in [6.45, 7) is 2.04. The summed E-state index contributed by atoms with van der Waals surface area (Å²) in [5.74, 6) is 2.68. The van der Waals surface area contributed by atoms with Crippen LogP contribution in [0.2, 0.25) is 0 Å². The van der Waals surface area contributed by atoms with Crippen LogP contribution in [0.3, 0.4) is 0 Å². The zero-order valence-electron chi connectivity index (χ0n) is 10.1. The van der Waals surface area contributed by atoms with Crippen LogP contribution in [0.1, 0.15) is 38.2 Å². The van der Waals surface area contributed by atoms with Gasteiger partial charge in [0.25, 0.3) is 0 Å². The van der Waals surface area contributed by atoms with Crippen LogP contribution in [0.25, 0.3) is 0 Å². The number of benzene rings is 1. The molecule has 1 amide bonds. The number of terminal acetylenes is 1. The Morgan fingerprint density at radius 1 is 1.41 bits per heavy atom. The number of nitrogens with one attached hydrogen (secondary N) is 1. The first-order valence-electron chi connectivity index (χ1n) is 6.02. The Hall–Kier alpha value is -1.75. The van der Waals surface area contributed by atoms with Crippen LogP contribution in [0, 0.1) is 17.8 Å². The molecule has 0 saturated heterocycles. The number of anilines is 1. The Labute approximate surface area is 102 Å². The fraction of sp³-hybridized carbons (Fsp3) is 0.400. The van der Waals surface area contributed by atoms with Crippen LogP contribution in [-0.2, 0) is 4.79 Å². The van der Waals surface area contributed by atoms with E-state index in [1.807, 2.05) is 31.2 Å². The number of amides is 1. The van der Waals surface area contributed by atoms with E-state index < -0.39 is 0 Å². The average Bonchev–Trinajstić information content (AvgIpc) is 2.78. The fourth-order valence-electron chi connectivity index (χ4n) is 2.35. The molecule has 1 aromatic carbocycles. The topological polar surface area (TPSA) is 29.1 Å². The van der Waals surface area contributed by atoms with Gasteiger partial charge in [0.1, 0.15) is 0 Å². The molecule has 0 bridgehead atoms. The summed E-state index contributed by atoms with van der Waals surface area (Å²) >= 11 is 0. The monoisotopic (exact) mass is 227 g/mol. The van der Waals surface area contributed by atoms with Gasteiger partial charge in [-0.3, -0.25) is 4.79 Å². The molecule has 1 aliphatic rings. The minimum Gasteiger partial charge on any atom is -0.326 e. The van der Waals surface area contributed by atoms with Gasteiger partial charge in [-0.25, -0.2) is 0 Å². The number of carbonyl (C=O) groups excluding carboxylic acids is 1. The quantitative estimate of drug-likeness (QED) is 0.772. The van der Waals surface area contributed by atoms with Crippen LogP contribution in [-0.4, -0.2) is 5.91 Å². The van der Waals surface area contributed by atoms with Gasteiger partial charge in [-0.15, -0.1) is 6.42 Å². The maximum absolute atomic E-state index is 12.2. The third kappa shape index (κ3) is 2.50. The molecule has 0 aromatic heterocycles. The van der Waals surface area contributed by atoms with E-state index in [1.54, 1.807) is 0 Å². The van der Waals surface area contributed by atoms with E-state index in [9.17, 15) is 4.79 Å². The molecular formula is C15H17NO. The molecule has 0 atom stereocenters. The molecule has 2 heteroatoms. The van der Waals surface area contributed by atoms with E-state index in [1.165, 1.54) is 0 Å². The highest BCUT2D eigenvalue weighted by Gasteiger charge is 2.36. The zero-order valence-corrected chi connectivity index (χ0v) is 10.1. The summed E-state index contributed by atoms with van der Waals surface area (Å²) in [4.78, 5) is 12.2. The van der Waals surface area contributed by atoms with Gasteiger partial charge in [0.15, 0.2) is 0 Å². The van der Waals surface area contributed by atoms with Crippen molar-refractivity contribution >= 4 is 11.6 Å². The Morgan fingerprint density at radius 3 is 2.76 bits per heavy atom. The minimum atomic E-state index is -0.202. The van der Waals surface area contributed by atoms with E-state index in [0.29, 0.717) is 0 Å². The van der Waals surface area contributed by atoms with Crippen LogP contribution in [0.15, 0.2) is 24.3 Å². The van der Waals surface area contributed by atoms with E-state index in [-0.39, 0.29) is 11.3 Å². The summed E-state index contributed by atoms with van der Waals surface area (Å²) in [5, 5.41) is 2.96. The first-order chi connectivity index (χ1) is 8.14. The van der Waals surface area contributed by atoms with E-state index >= 15 is 0 Å². The maximum atomic E-state index is 12.2. The number of hydrogen-bond acceptors (Lipinski definition) is 1. The maximum Gasteiger partial charge on any atom is 0.230 e. The Bertz CT molecular complexity index is 464. The van der Waals surface area contributed by atoms with Crippen molar-refractivity contribution in [2.45, 2.75) is 32.6 Å². The van der Waals surface area contributed by atoms with E-state index in [2.05, 4.69) is 11.2 Å². The molecule has 1 fully saturated rings. The molecule has 0 radical (unpaired) electrons. The summed E-state index contributed by atoms with van der Waals surface area (Å²) < 4.78 is 0. The van der Waals surface area contributed by atoms with E-state index in [0.717, 1.165) is 36.9 Å². The van der Waals surface area contributed by atoms with Crippen LogP contribution < -0.4 is 5.32 Å². The average molecular weight is 227 g/mol. The van der Waals surface area contributed by atoms with Crippen molar-refractivity contribution in [3.8, 4) is 12.3 Å². The highest BCUT2D eigenvalue weighted by Crippen LogP contribution is 2.38. The summed E-state index contributed by atoms with van der Waals surface area (Å²) in [6, 6.07) is 7.42. The second kappa shape index (κ2) is 4.63. The largest absolute Gasteiger partial charge is 0.326 e. The molecular weight excluding hydrogens is 210 g/mol. The second-order valence-electron chi connectivity index (χ2n) is 4.95. The van der Waals surface area contributed by atoms with Gasteiger partial charge in [0.05, 0.1) is 0 Å². The lowest BCUT2D eigenvalue weighted by atomic mass is 9.88. The predicted molar refractivity (Wildman–Crippen MR) is 69.6 cm³/mol. The number of carbonyl (C=O) groups is 1. The molecule has 17 heavy (non-hydrogen) atoms. The lowest BCUT2D eigenvalue weighted by Gasteiger charge is -2.22. The van der Waals surface area contributed by atoms with Crippen molar-refractivity contribution in [1.29, 1.82) is 0 Å². The molecule has 2 nitrogen and oxygen atoms in total. The molecule has 1 aromatic rings. The molecule has 0 aliphatic heterocycles. The van der Waals surface area contributed by atoms with Crippen molar-refractivity contribution in [2.24, 2.45) is 5.41 Å². The molecule has 2 rings (SSSR count). The highest BCUT2D eigenvalue weighted by molar-refractivity contribution is 5.95. The SMILES string of the molecule is C#Cc1cccc(NC(=O)C2(C)CCCC2)c1. The number of hydrogen-bond donors (Lipinski definition) is 1. The van der Waals surface area contributed by atoms with Gasteiger partial charge in [0.2, 0.25) is 5.91 Å². The van der Waals surface area contributed by atoms with Gasteiger partial charge in [-0.1, -0.05) is 31.8 Å². The number of rotatable bonds is 2. The lowest BCUT2D eigenvalue weighted by Crippen LogP contribution is -2.30. The van der Waals surface area contributed by atoms with E-state index in [4.69, 9.17) is 6.42 Å². The predicted octanol–water partition coefficient (Wildman–Crippen LogP) is 3.19. The summed E-state index contributed by atoms with van der Waals surface area (Å²) in [6.07, 6.45) is 9.59. The van der Waals surface area contributed by atoms with Gasteiger partial charge in [-0.2, -0.15) is 0 Å². The van der Waals surface area contributed by atoms with Crippen molar-refractivity contribution in [3.05, 3.63) is 29.8 Å². The second-order valence-corrected chi connectivity index (χ2v) is 4.95. The van der Waals surface area contributed by atoms with Gasteiger partial charge < -0.3 is 5.32 Å². The molecule has 1 N–H and O–H groups in total. The highest BCUT2D eigenvalue weighted by atomic mass is 16.2. The molecule has 0 unspecified atom stereocenters. The van der Waals surface area contributed by atoms with Gasteiger partial charge >= 0.3 is 0 Å². The van der Waals surface area contributed by atoms with Crippen molar-refractivity contribution in [1.82, 2.24) is 0 Å². The third-order valence-electron chi connectivity index (χ3n) is 3.54. The molecule has 1 saturated carbocycles. The minimum absolute atomic E-state index is 0.115. The Kier molecular flexibility index (Phi) is 3.19. The van der Waals surface area contributed by atoms with Gasteiger partial charge in [-0.05, 0) is 31.0 Å². The molecule has 88 valence electrons. The fourth-order valence-corrected chi connectivity index (χ4v) is 2.35. The molecule has 0 spiro atoms. The first kappa shape index (κ1) is 11.7. The Morgan fingerprint density at radius 2 is 2.12 bits per heavy atom. The van der Waals surface area contributed by atoms with Crippen LogP contribution in [0.4, 0.5) is 5.69 Å². The Balaban J connectivity index is 2.10. The van der Waals surface area contributed by atoms with Crippen molar-refractivity contribution < 1.29 is 4.79 Å². The van der Waals surface area contributed by atoms with Crippen LogP contribution in [0.5, 0.6) is 0 Å². The molecule has 1 aliphatic carbocycles. The smallest absolute Gasteiger partial charge is 0.230 e. The van der Waals surface area contributed by atoms with Crippen molar-refractivity contribution in [3.63, 3.8) is 0 Å². The normalized spacial score (nSPS) is 17.4. The molecule has 0 heterocycles. The zero-order chi connectivity index (χ0) is 12.3. The first-order valence-corrected chi connectivity index (χ1v) is 6.02. The third-order valence-corrected chi connectivity index (χ3v) is 3.54. The van der Waals surface area contributed by atoms with Crippen LogP contribution >= 0.6 is 0 Å². The summed E-state index contributed by atoms with van der Waals surface area (Å²) in [5.41, 5.74) is 1.38. The summed E-state index contributed by atoms with van der Waals surface area (Å²) in [7, 11) is 0. The lowest BCUT2D eigenvalue weighted by molar-refractivity contribution is -0.124.